The van der Waals surface area contributed by atoms with Gasteiger partial charge in [-0.05, 0) is 68.2 Å². The van der Waals surface area contributed by atoms with Crippen molar-refractivity contribution >= 4 is 60.0 Å². The maximum Gasteiger partial charge on any atom is 0.552 e. The van der Waals surface area contributed by atoms with Crippen LogP contribution < -0.4 is 21.7 Å². The zero-order valence-corrected chi connectivity index (χ0v) is 30.1. The molecular formula is C35H45BCl2N4O9. The zero-order valence-electron chi connectivity index (χ0n) is 28.6. The summed E-state index contributed by atoms with van der Waals surface area (Å²) in [6.45, 7) is 3.11. The molecule has 16 heteroatoms. The fourth-order valence-corrected chi connectivity index (χ4v) is 6.75. The number of hydrogen-bond acceptors (Lipinski definition) is 9. The Morgan fingerprint density at radius 2 is 1.73 bits per heavy atom. The molecule has 5 rings (SSSR count). The molecule has 4 unspecified atom stereocenters. The molecule has 2 aromatic carbocycles. The van der Waals surface area contributed by atoms with Crippen molar-refractivity contribution in [3.63, 3.8) is 0 Å². The molecule has 2 aromatic rings. The maximum absolute atomic E-state index is 12.5. The molecule has 2 aliphatic carbocycles. The van der Waals surface area contributed by atoms with Crippen LogP contribution in [0.4, 0.5) is 0 Å². The number of benzene rings is 2. The zero-order chi connectivity index (χ0) is 37.3. The Labute approximate surface area is 307 Å². The third kappa shape index (κ3) is 11.9. The summed E-state index contributed by atoms with van der Waals surface area (Å²) in [5.74, 6) is -5.78. The number of nitrogens with two attached hydrogens (primary N) is 1. The first-order chi connectivity index (χ1) is 24.2. The fourth-order valence-electron chi connectivity index (χ4n) is 6.37. The Balaban J connectivity index is 0.000000283. The van der Waals surface area contributed by atoms with Crippen molar-refractivity contribution in [3.8, 4) is 0 Å². The number of carbonyl (C=O) groups excluding carboxylic acids is 3. The van der Waals surface area contributed by atoms with Crippen LogP contribution in [0.3, 0.4) is 0 Å². The largest absolute Gasteiger partial charge is 0.552 e. The van der Waals surface area contributed by atoms with E-state index in [0.29, 0.717) is 12.1 Å². The van der Waals surface area contributed by atoms with Gasteiger partial charge in [0.15, 0.2) is 5.60 Å². The Bertz CT molecular complexity index is 1560. The summed E-state index contributed by atoms with van der Waals surface area (Å²) in [6.07, 6.45) is 4.64. The van der Waals surface area contributed by atoms with Crippen LogP contribution in [-0.4, -0.2) is 83.3 Å². The van der Waals surface area contributed by atoms with E-state index >= 15 is 0 Å². The Kier molecular flexibility index (Phi) is 14.3. The molecule has 51 heavy (non-hydrogen) atoms. The molecule has 1 aliphatic heterocycles. The Hall–Kier alpha value is -3.69. The second-order valence-electron chi connectivity index (χ2n) is 13.8. The summed E-state index contributed by atoms with van der Waals surface area (Å²) >= 11 is 11.8. The van der Waals surface area contributed by atoms with E-state index < -0.39 is 67.8 Å². The van der Waals surface area contributed by atoms with E-state index in [9.17, 15) is 29.1 Å². The Morgan fingerprint density at radius 1 is 1.04 bits per heavy atom. The first-order valence-corrected chi connectivity index (χ1v) is 17.8. The minimum atomic E-state index is -2.34. The average molecular weight is 747 g/mol. The summed E-state index contributed by atoms with van der Waals surface area (Å²) in [5, 5.41) is 27.8. The van der Waals surface area contributed by atoms with Gasteiger partial charge in [0.05, 0.1) is 35.9 Å². The fraction of sp³-hybridized carbons (Fsp3) is 0.514. The SMILES string of the molecule is CC(C)CC(NC(=O)CNC(=O)c1cc(Cl)ccc1Cl)B1OC(=O)CC(CC(=O)O)(C(=O)O)O1.NC1CCC(NC2CC2c2ccccc2)CC1. The normalized spacial score (nSPS) is 24.7. The lowest BCUT2D eigenvalue weighted by Crippen LogP contribution is -2.61. The van der Waals surface area contributed by atoms with Crippen molar-refractivity contribution in [1.29, 1.82) is 0 Å². The maximum atomic E-state index is 12.5. The number of carboxylic acid groups (broad SMARTS) is 2. The van der Waals surface area contributed by atoms with E-state index in [0.717, 1.165) is 12.0 Å². The number of amides is 2. The number of nitrogens with one attached hydrogen (secondary N) is 3. The first-order valence-electron chi connectivity index (χ1n) is 17.1. The summed E-state index contributed by atoms with van der Waals surface area (Å²) < 4.78 is 10.6. The molecule has 3 fully saturated rings. The molecular weight excluding hydrogens is 702 g/mol. The quantitative estimate of drug-likeness (QED) is 0.162. The summed E-state index contributed by atoms with van der Waals surface area (Å²) in [4.78, 5) is 60.0. The third-order valence-electron chi connectivity index (χ3n) is 9.07. The molecule has 1 heterocycles. The molecule has 0 radical (unpaired) electrons. The van der Waals surface area contributed by atoms with E-state index in [1.807, 2.05) is 0 Å². The standard InChI is InChI=1S/C20H23BCl2N2O9.C15H22N2/c1-10(2)5-14(21-33-17(29)8-20(34-21,19(31)32)7-16(27)28)25-15(26)9-24-18(30)12-6-11(22)3-4-13(12)23;16-12-6-8-13(9-7-12)17-15-10-14(15)11-4-2-1-3-5-11/h3-4,6,10,14H,5,7-9H2,1-2H3,(H,24,30)(H,25,26)(H,27,28)(H,31,32);1-5,12-15,17H,6-10,16H2. The minimum absolute atomic E-state index is 0.0603. The molecule has 0 bridgehead atoms. The van der Waals surface area contributed by atoms with Gasteiger partial charge in [-0.2, -0.15) is 0 Å². The van der Waals surface area contributed by atoms with Crippen LogP contribution in [0.1, 0.15) is 87.1 Å². The van der Waals surface area contributed by atoms with Crippen molar-refractivity contribution in [3.05, 3.63) is 69.7 Å². The molecule has 276 valence electrons. The highest BCUT2D eigenvalue weighted by molar-refractivity contribution is 6.50. The average Bonchev–Trinajstić information content (AvgIpc) is 3.84. The predicted octanol–water partition coefficient (Wildman–Crippen LogP) is 3.95. The van der Waals surface area contributed by atoms with Gasteiger partial charge < -0.3 is 41.2 Å². The highest BCUT2D eigenvalue weighted by atomic mass is 35.5. The van der Waals surface area contributed by atoms with Crippen LogP contribution in [0, 0.1) is 5.92 Å². The van der Waals surface area contributed by atoms with E-state index in [1.54, 1.807) is 13.8 Å². The van der Waals surface area contributed by atoms with E-state index in [4.69, 9.17) is 43.4 Å². The Morgan fingerprint density at radius 3 is 2.35 bits per heavy atom. The van der Waals surface area contributed by atoms with Crippen LogP contribution in [-0.2, 0) is 28.5 Å². The van der Waals surface area contributed by atoms with Crippen LogP contribution in [0.25, 0.3) is 0 Å². The summed E-state index contributed by atoms with van der Waals surface area (Å²) in [7, 11) is -1.55. The predicted molar refractivity (Wildman–Crippen MR) is 191 cm³/mol. The van der Waals surface area contributed by atoms with Crippen molar-refractivity contribution in [2.75, 3.05) is 6.54 Å². The lowest BCUT2D eigenvalue weighted by Gasteiger charge is -2.37. The second kappa shape index (κ2) is 18.2. The van der Waals surface area contributed by atoms with Gasteiger partial charge in [0.25, 0.3) is 11.9 Å². The lowest BCUT2D eigenvalue weighted by molar-refractivity contribution is -0.175. The van der Waals surface area contributed by atoms with Gasteiger partial charge in [0, 0.05) is 29.1 Å². The third-order valence-corrected chi connectivity index (χ3v) is 9.63. The van der Waals surface area contributed by atoms with Crippen LogP contribution in [0.2, 0.25) is 10.0 Å². The van der Waals surface area contributed by atoms with Crippen molar-refractivity contribution in [1.82, 2.24) is 16.0 Å². The van der Waals surface area contributed by atoms with E-state index in [-0.39, 0.29) is 27.9 Å². The number of rotatable bonds is 13. The van der Waals surface area contributed by atoms with Gasteiger partial charge in [0.1, 0.15) is 0 Å². The molecule has 13 nitrogen and oxygen atoms in total. The van der Waals surface area contributed by atoms with Gasteiger partial charge in [-0.1, -0.05) is 67.4 Å². The highest BCUT2D eigenvalue weighted by Gasteiger charge is 2.54. The van der Waals surface area contributed by atoms with E-state index in [2.05, 4.69) is 46.3 Å². The highest BCUT2D eigenvalue weighted by Crippen LogP contribution is 2.41. The first kappa shape index (κ1) is 40.1. The van der Waals surface area contributed by atoms with Crippen molar-refractivity contribution < 1.29 is 43.5 Å². The van der Waals surface area contributed by atoms with Crippen LogP contribution >= 0.6 is 23.2 Å². The second-order valence-corrected chi connectivity index (χ2v) is 14.6. The molecule has 3 aliphatic rings. The van der Waals surface area contributed by atoms with E-state index in [1.165, 1.54) is 55.9 Å². The molecule has 1 saturated heterocycles. The van der Waals surface area contributed by atoms with Gasteiger partial charge in [0.2, 0.25) is 5.91 Å². The summed E-state index contributed by atoms with van der Waals surface area (Å²) in [6, 6.07) is 17.0. The molecule has 7 N–H and O–H groups in total. The number of carbonyl (C=O) groups is 5. The topological polar surface area (TPSA) is 206 Å². The molecule has 2 amide bonds. The molecule has 0 spiro atoms. The minimum Gasteiger partial charge on any atom is -0.508 e. The van der Waals surface area contributed by atoms with Gasteiger partial charge >= 0.3 is 19.1 Å². The van der Waals surface area contributed by atoms with Gasteiger partial charge in [-0.15, -0.1) is 0 Å². The van der Waals surface area contributed by atoms with Crippen LogP contribution in [0.5, 0.6) is 0 Å². The number of carboxylic acids is 2. The van der Waals surface area contributed by atoms with Gasteiger partial charge in [-0.25, -0.2) is 4.79 Å². The molecule has 4 atom stereocenters. The number of hydrogen-bond donors (Lipinski definition) is 6. The van der Waals surface area contributed by atoms with Crippen molar-refractivity contribution in [2.45, 2.75) is 101 Å². The lowest BCUT2D eigenvalue weighted by atomic mass is 9.70. The number of halogens is 2. The number of aliphatic carboxylic acids is 2. The van der Waals surface area contributed by atoms with Crippen LogP contribution in [0.15, 0.2) is 48.5 Å². The monoisotopic (exact) mass is 746 g/mol. The smallest absolute Gasteiger partial charge is 0.508 e. The molecule has 0 aromatic heterocycles. The van der Waals surface area contributed by atoms with Crippen molar-refractivity contribution in [2.24, 2.45) is 11.7 Å². The summed E-state index contributed by atoms with van der Waals surface area (Å²) in [5.41, 5.74) is 5.15. The molecule has 2 saturated carbocycles. The van der Waals surface area contributed by atoms with Gasteiger partial charge in [-0.3, -0.25) is 19.2 Å².